The summed E-state index contributed by atoms with van der Waals surface area (Å²) in [7, 11) is 1.67. The zero-order chi connectivity index (χ0) is 17.4. The molecule has 0 atom stereocenters. The first-order valence-corrected chi connectivity index (χ1v) is 8.28. The van der Waals surface area contributed by atoms with Crippen molar-refractivity contribution in [3.05, 3.63) is 59.2 Å². The highest BCUT2D eigenvalue weighted by Gasteiger charge is 2.03. The van der Waals surface area contributed by atoms with E-state index in [9.17, 15) is 4.79 Å². The van der Waals surface area contributed by atoms with E-state index in [-0.39, 0.29) is 5.91 Å². The molecule has 0 heterocycles. The van der Waals surface area contributed by atoms with E-state index in [1.807, 2.05) is 44.2 Å². The summed E-state index contributed by atoms with van der Waals surface area (Å²) in [6, 6.07) is 14.1. The zero-order valence-electron chi connectivity index (χ0n) is 14.7. The van der Waals surface area contributed by atoms with E-state index in [0.717, 1.165) is 35.5 Å². The number of amides is 1. The largest absolute Gasteiger partial charge is 0.497 e. The Morgan fingerprint density at radius 1 is 1.04 bits per heavy atom. The summed E-state index contributed by atoms with van der Waals surface area (Å²) >= 11 is 0. The quantitative estimate of drug-likeness (QED) is 0.730. The van der Waals surface area contributed by atoms with Crippen LogP contribution in [0.4, 0.5) is 5.69 Å². The molecule has 0 saturated heterocycles. The van der Waals surface area contributed by atoms with Crippen LogP contribution in [0.5, 0.6) is 5.75 Å². The lowest BCUT2D eigenvalue weighted by Gasteiger charge is -2.09. The normalized spacial score (nSPS) is 10.5. The minimum atomic E-state index is 0.0360. The summed E-state index contributed by atoms with van der Waals surface area (Å²) in [5.41, 5.74) is 4.40. The molecule has 0 spiro atoms. The Kier molecular flexibility index (Phi) is 6.82. The average molecular weight is 326 g/mol. The van der Waals surface area contributed by atoms with Crippen LogP contribution < -0.4 is 15.4 Å². The number of ether oxygens (including phenoxy) is 1. The predicted octanol–water partition coefficient (Wildman–Crippen LogP) is 3.47. The van der Waals surface area contributed by atoms with E-state index in [2.05, 4.69) is 22.8 Å². The van der Waals surface area contributed by atoms with Crippen molar-refractivity contribution in [3.8, 4) is 5.75 Å². The third-order valence-corrected chi connectivity index (χ3v) is 3.76. The standard InChI is InChI=1S/C20H26N2O2/c1-15-11-16(2)13-18(12-15)22-20(23)8-10-21-9-7-17-5-4-6-19(14-17)24-3/h4-6,11-14,21H,7-10H2,1-3H3,(H,22,23). The maximum Gasteiger partial charge on any atom is 0.225 e. The molecule has 4 nitrogen and oxygen atoms in total. The Bertz CT molecular complexity index is 663. The van der Waals surface area contributed by atoms with E-state index in [0.29, 0.717) is 13.0 Å². The highest BCUT2D eigenvalue weighted by Crippen LogP contribution is 2.14. The predicted molar refractivity (Wildman–Crippen MR) is 98.7 cm³/mol. The number of rotatable bonds is 8. The lowest BCUT2D eigenvalue weighted by molar-refractivity contribution is -0.116. The maximum absolute atomic E-state index is 12.0. The molecule has 0 aromatic heterocycles. The summed E-state index contributed by atoms with van der Waals surface area (Å²) in [5, 5.41) is 6.26. The first-order chi connectivity index (χ1) is 11.6. The van der Waals surface area contributed by atoms with Gasteiger partial charge in [-0.2, -0.15) is 0 Å². The fraction of sp³-hybridized carbons (Fsp3) is 0.350. The molecule has 128 valence electrons. The first-order valence-electron chi connectivity index (χ1n) is 8.28. The van der Waals surface area contributed by atoms with Crippen LogP contribution in [0.15, 0.2) is 42.5 Å². The summed E-state index contributed by atoms with van der Waals surface area (Å²) < 4.78 is 5.21. The van der Waals surface area contributed by atoms with Gasteiger partial charge in [-0.3, -0.25) is 4.79 Å². The molecule has 0 radical (unpaired) electrons. The van der Waals surface area contributed by atoms with Crippen LogP contribution in [0.25, 0.3) is 0 Å². The fourth-order valence-corrected chi connectivity index (χ4v) is 2.66. The molecule has 1 amide bonds. The van der Waals surface area contributed by atoms with Gasteiger partial charge >= 0.3 is 0 Å². The molecule has 24 heavy (non-hydrogen) atoms. The van der Waals surface area contributed by atoms with Crippen LogP contribution >= 0.6 is 0 Å². The fourth-order valence-electron chi connectivity index (χ4n) is 2.66. The molecule has 2 N–H and O–H groups in total. The minimum absolute atomic E-state index is 0.0360. The number of anilines is 1. The van der Waals surface area contributed by atoms with E-state index in [1.165, 1.54) is 5.56 Å². The number of methoxy groups -OCH3 is 1. The smallest absolute Gasteiger partial charge is 0.225 e. The van der Waals surface area contributed by atoms with Gasteiger partial charge in [-0.1, -0.05) is 18.2 Å². The van der Waals surface area contributed by atoms with Gasteiger partial charge in [0.05, 0.1) is 7.11 Å². The van der Waals surface area contributed by atoms with Crippen molar-refractivity contribution < 1.29 is 9.53 Å². The summed E-state index contributed by atoms with van der Waals surface area (Å²) in [6.07, 6.45) is 1.38. The Hall–Kier alpha value is -2.33. The maximum atomic E-state index is 12.0. The Balaban J connectivity index is 1.67. The van der Waals surface area contributed by atoms with Crippen molar-refractivity contribution >= 4 is 11.6 Å². The molecule has 0 aliphatic rings. The molecule has 0 aliphatic carbocycles. The summed E-state index contributed by atoms with van der Waals surface area (Å²) in [6.45, 7) is 5.57. The second-order valence-corrected chi connectivity index (χ2v) is 6.03. The van der Waals surface area contributed by atoms with E-state index in [1.54, 1.807) is 7.11 Å². The minimum Gasteiger partial charge on any atom is -0.497 e. The molecule has 0 unspecified atom stereocenters. The van der Waals surface area contributed by atoms with E-state index < -0.39 is 0 Å². The van der Waals surface area contributed by atoms with Crippen LogP contribution in [0.1, 0.15) is 23.1 Å². The lowest BCUT2D eigenvalue weighted by atomic mass is 10.1. The van der Waals surface area contributed by atoms with Gasteiger partial charge in [0.15, 0.2) is 0 Å². The van der Waals surface area contributed by atoms with E-state index in [4.69, 9.17) is 4.74 Å². The number of carbonyl (C=O) groups excluding carboxylic acids is 1. The van der Waals surface area contributed by atoms with E-state index >= 15 is 0 Å². The highest BCUT2D eigenvalue weighted by atomic mass is 16.5. The second kappa shape index (κ2) is 9.08. The topological polar surface area (TPSA) is 50.4 Å². The van der Waals surface area contributed by atoms with Gasteiger partial charge in [0, 0.05) is 18.7 Å². The van der Waals surface area contributed by atoms with Gasteiger partial charge in [0.2, 0.25) is 5.91 Å². The summed E-state index contributed by atoms with van der Waals surface area (Å²) in [5.74, 6) is 0.911. The molecule has 0 aliphatic heterocycles. The second-order valence-electron chi connectivity index (χ2n) is 6.03. The SMILES string of the molecule is COc1cccc(CCNCCC(=O)Nc2cc(C)cc(C)c2)c1. The van der Waals surface area contributed by atoms with Crippen molar-refractivity contribution in [2.24, 2.45) is 0 Å². The van der Waals surface area contributed by atoms with Crippen molar-refractivity contribution in [2.75, 3.05) is 25.5 Å². The molecule has 2 aromatic rings. The Morgan fingerprint density at radius 3 is 2.50 bits per heavy atom. The van der Waals surface area contributed by atoms with Crippen molar-refractivity contribution in [1.29, 1.82) is 0 Å². The Labute approximate surface area is 144 Å². The third-order valence-electron chi connectivity index (χ3n) is 3.76. The molecule has 2 aromatic carbocycles. The van der Waals surface area contributed by atoms with Gasteiger partial charge in [-0.25, -0.2) is 0 Å². The molecule has 0 saturated carbocycles. The number of aryl methyl sites for hydroxylation is 2. The van der Waals surface area contributed by atoms with Crippen LogP contribution in [0, 0.1) is 13.8 Å². The van der Waals surface area contributed by atoms with Crippen LogP contribution in [0.2, 0.25) is 0 Å². The van der Waals surface area contributed by atoms with Crippen LogP contribution in [-0.2, 0) is 11.2 Å². The Morgan fingerprint density at radius 2 is 1.79 bits per heavy atom. The number of nitrogens with one attached hydrogen (secondary N) is 2. The lowest BCUT2D eigenvalue weighted by Crippen LogP contribution is -2.23. The number of hydrogen-bond donors (Lipinski definition) is 2. The first kappa shape index (κ1) is 18.0. The third kappa shape index (κ3) is 6.05. The number of carbonyl (C=O) groups is 1. The van der Waals surface area contributed by atoms with Crippen molar-refractivity contribution in [1.82, 2.24) is 5.32 Å². The van der Waals surface area contributed by atoms with Crippen molar-refractivity contribution in [2.45, 2.75) is 26.7 Å². The number of benzene rings is 2. The average Bonchev–Trinajstić information content (AvgIpc) is 2.53. The van der Waals surface area contributed by atoms with Gasteiger partial charge in [-0.05, 0) is 67.8 Å². The van der Waals surface area contributed by atoms with Crippen LogP contribution in [0.3, 0.4) is 0 Å². The van der Waals surface area contributed by atoms with Gasteiger partial charge in [0.1, 0.15) is 5.75 Å². The zero-order valence-corrected chi connectivity index (χ0v) is 14.7. The molecule has 0 fully saturated rings. The molecule has 4 heteroatoms. The highest BCUT2D eigenvalue weighted by molar-refractivity contribution is 5.91. The van der Waals surface area contributed by atoms with Gasteiger partial charge in [-0.15, -0.1) is 0 Å². The van der Waals surface area contributed by atoms with Crippen molar-refractivity contribution in [3.63, 3.8) is 0 Å². The summed E-state index contributed by atoms with van der Waals surface area (Å²) in [4.78, 5) is 12.0. The van der Waals surface area contributed by atoms with Gasteiger partial charge < -0.3 is 15.4 Å². The van der Waals surface area contributed by atoms with Crippen LogP contribution in [-0.4, -0.2) is 26.1 Å². The molecule has 0 bridgehead atoms. The molecule has 2 rings (SSSR count). The molecular formula is C20H26N2O2. The monoisotopic (exact) mass is 326 g/mol. The molecular weight excluding hydrogens is 300 g/mol. The number of hydrogen-bond acceptors (Lipinski definition) is 3. The van der Waals surface area contributed by atoms with Gasteiger partial charge in [0.25, 0.3) is 0 Å².